The predicted octanol–water partition coefficient (Wildman–Crippen LogP) is 6.61. The van der Waals surface area contributed by atoms with Crippen molar-refractivity contribution in [2.24, 2.45) is 0 Å². The van der Waals surface area contributed by atoms with Crippen molar-refractivity contribution in [1.29, 1.82) is 5.26 Å². The first-order chi connectivity index (χ1) is 17.9. The van der Waals surface area contributed by atoms with Crippen LogP contribution in [0, 0.1) is 28.4 Å². The largest absolute Gasteiger partial charge is 0.342 e. The number of amides is 1. The standard InChI is InChI=1S/C30H22N4O3/c1-20-13-14-27(29(15-20)34(36)37)32-30(35)23(17-31)16-24-19-33(28-12-5-4-11-26(24)28)18-22-9-6-8-21-7-2-3-10-25(21)22/h2-16,19H,18H2,1H3,(H,32,35)/b23-16+. The molecule has 0 aliphatic heterocycles. The molecule has 4 aromatic carbocycles. The zero-order chi connectivity index (χ0) is 25.9. The highest BCUT2D eigenvalue weighted by molar-refractivity contribution is 6.11. The van der Waals surface area contributed by atoms with E-state index >= 15 is 0 Å². The van der Waals surface area contributed by atoms with Gasteiger partial charge in [-0.05, 0) is 47.0 Å². The monoisotopic (exact) mass is 486 g/mol. The van der Waals surface area contributed by atoms with Crippen molar-refractivity contribution in [1.82, 2.24) is 4.57 Å². The molecule has 0 saturated heterocycles. The van der Waals surface area contributed by atoms with Crippen molar-refractivity contribution in [2.75, 3.05) is 5.32 Å². The molecule has 1 aromatic heterocycles. The Morgan fingerprint density at radius 3 is 2.54 bits per heavy atom. The smallest absolute Gasteiger partial charge is 0.293 e. The summed E-state index contributed by atoms with van der Waals surface area (Å²) in [5.74, 6) is -0.708. The van der Waals surface area contributed by atoms with E-state index in [1.165, 1.54) is 18.2 Å². The first-order valence-electron chi connectivity index (χ1n) is 11.7. The van der Waals surface area contributed by atoms with E-state index in [0.29, 0.717) is 17.7 Å². The van der Waals surface area contributed by atoms with Crippen LogP contribution in [0.15, 0.2) is 96.7 Å². The lowest BCUT2D eigenvalue weighted by atomic mass is 10.0. The van der Waals surface area contributed by atoms with Gasteiger partial charge in [0.15, 0.2) is 0 Å². The van der Waals surface area contributed by atoms with Crippen LogP contribution < -0.4 is 5.32 Å². The van der Waals surface area contributed by atoms with Crippen LogP contribution in [0.4, 0.5) is 11.4 Å². The zero-order valence-electron chi connectivity index (χ0n) is 20.0. The predicted molar refractivity (Wildman–Crippen MR) is 145 cm³/mol. The second-order valence-corrected chi connectivity index (χ2v) is 8.77. The summed E-state index contributed by atoms with van der Waals surface area (Å²) in [5.41, 5.74) is 3.19. The second kappa shape index (κ2) is 9.80. The van der Waals surface area contributed by atoms with Crippen LogP contribution in [-0.2, 0) is 11.3 Å². The number of nitrogens with zero attached hydrogens (tertiary/aromatic N) is 3. The molecule has 0 saturated carbocycles. The Labute approximate surface area is 213 Å². The third kappa shape index (κ3) is 4.68. The van der Waals surface area contributed by atoms with Gasteiger partial charge in [-0.3, -0.25) is 14.9 Å². The number of nitro groups is 1. The van der Waals surface area contributed by atoms with E-state index in [1.54, 1.807) is 13.0 Å². The molecule has 0 spiro atoms. The molecule has 7 nitrogen and oxygen atoms in total. The molecule has 180 valence electrons. The summed E-state index contributed by atoms with van der Waals surface area (Å²) in [6.07, 6.45) is 3.45. The highest BCUT2D eigenvalue weighted by Crippen LogP contribution is 2.28. The number of hydrogen-bond donors (Lipinski definition) is 1. The molecule has 0 aliphatic rings. The number of aromatic nitrogens is 1. The van der Waals surface area contributed by atoms with E-state index in [4.69, 9.17) is 0 Å². The van der Waals surface area contributed by atoms with Gasteiger partial charge in [0.25, 0.3) is 11.6 Å². The average molecular weight is 487 g/mol. The van der Waals surface area contributed by atoms with Gasteiger partial charge in [0.1, 0.15) is 17.3 Å². The molecule has 0 unspecified atom stereocenters. The van der Waals surface area contributed by atoms with Crippen molar-refractivity contribution in [3.05, 3.63) is 124 Å². The molecular weight excluding hydrogens is 464 g/mol. The van der Waals surface area contributed by atoms with Gasteiger partial charge < -0.3 is 9.88 Å². The van der Waals surface area contributed by atoms with Gasteiger partial charge in [-0.2, -0.15) is 5.26 Å². The van der Waals surface area contributed by atoms with Crippen molar-refractivity contribution in [3.63, 3.8) is 0 Å². The molecule has 1 heterocycles. The fraction of sp³-hybridized carbons (Fsp3) is 0.0667. The summed E-state index contributed by atoms with van der Waals surface area (Å²) in [4.78, 5) is 23.8. The highest BCUT2D eigenvalue weighted by Gasteiger charge is 2.19. The number of carbonyl (C=O) groups excluding carboxylic acids is 1. The number of nitro benzene ring substituents is 1. The Kier molecular flexibility index (Phi) is 6.23. The topological polar surface area (TPSA) is 101 Å². The number of rotatable bonds is 6. The number of fused-ring (bicyclic) bond motifs is 2. The van der Waals surface area contributed by atoms with E-state index in [-0.39, 0.29) is 16.9 Å². The first kappa shape index (κ1) is 23.5. The van der Waals surface area contributed by atoms with Gasteiger partial charge in [-0.1, -0.05) is 66.7 Å². The molecular formula is C30H22N4O3. The summed E-state index contributed by atoms with van der Waals surface area (Å²) < 4.78 is 2.10. The number of nitrogens with one attached hydrogen (secondary N) is 1. The average Bonchev–Trinajstić information content (AvgIpc) is 3.25. The van der Waals surface area contributed by atoms with Crippen molar-refractivity contribution in [2.45, 2.75) is 13.5 Å². The first-order valence-corrected chi connectivity index (χ1v) is 11.7. The molecule has 5 aromatic rings. The molecule has 1 N–H and O–H groups in total. The molecule has 0 bridgehead atoms. The summed E-state index contributed by atoms with van der Waals surface area (Å²) >= 11 is 0. The quantitative estimate of drug-likeness (QED) is 0.126. The van der Waals surface area contributed by atoms with Gasteiger partial charge in [0.2, 0.25) is 0 Å². The fourth-order valence-electron chi connectivity index (χ4n) is 4.53. The van der Waals surface area contributed by atoms with Crippen molar-refractivity contribution < 1.29 is 9.72 Å². The van der Waals surface area contributed by atoms with Gasteiger partial charge in [-0.15, -0.1) is 0 Å². The maximum Gasteiger partial charge on any atom is 0.293 e. The van der Waals surface area contributed by atoms with Crippen molar-refractivity contribution >= 4 is 45.0 Å². The highest BCUT2D eigenvalue weighted by atomic mass is 16.6. The van der Waals surface area contributed by atoms with Crippen LogP contribution in [-0.4, -0.2) is 15.4 Å². The fourth-order valence-corrected chi connectivity index (χ4v) is 4.53. The third-order valence-electron chi connectivity index (χ3n) is 6.30. The molecule has 1 amide bonds. The second-order valence-electron chi connectivity index (χ2n) is 8.77. The molecule has 0 aliphatic carbocycles. The van der Waals surface area contributed by atoms with Crippen LogP contribution in [0.1, 0.15) is 16.7 Å². The van der Waals surface area contributed by atoms with Crippen molar-refractivity contribution in [3.8, 4) is 6.07 Å². The van der Waals surface area contributed by atoms with Crippen LogP contribution in [0.3, 0.4) is 0 Å². The SMILES string of the molecule is Cc1ccc(NC(=O)/C(C#N)=C/c2cn(Cc3cccc4ccccc34)c3ccccc23)c([N+](=O)[O-])c1. The lowest BCUT2D eigenvalue weighted by molar-refractivity contribution is -0.384. The molecule has 0 fully saturated rings. The lowest BCUT2D eigenvalue weighted by Crippen LogP contribution is -2.14. The Morgan fingerprint density at radius 1 is 1.03 bits per heavy atom. The number of hydrogen-bond acceptors (Lipinski definition) is 4. The molecule has 0 radical (unpaired) electrons. The van der Waals surface area contributed by atoms with Crippen LogP contribution in [0.2, 0.25) is 0 Å². The van der Waals surface area contributed by atoms with Gasteiger partial charge in [0, 0.05) is 35.3 Å². The molecule has 5 rings (SSSR count). The van der Waals surface area contributed by atoms with Gasteiger partial charge >= 0.3 is 0 Å². The Morgan fingerprint density at radius 2 is 1.76 bits per heavy atom. The third-order valence-corrected chi connectivity index (χ3v) is 6.30. The van der Waals surface area contributed by atoms with E-state index in [9.17, 15) is 20.2 Å². The summed E-state index contributed by atoms with van der Waals surface area (Å²) in [6, 6.07) is 28.7. The summed E-state index contributed by atoms with van der Waals surface area (Å²) in [5, 5.41) is 27.0. The van der Waals surface area contributed by atoms with Crippen LogP contribution in [0.5, 0.6) is 0 Å². The lowest BCUT2D eigenvalue weighted by Gasteiger charge is -2.09. The minimum atomic E-state index is -0.708. The van der Waals surface area contributed by atoms with E-state index in [0.717, 1.165) is 27.2 Å². The number of carbonyl (C=O) groups is 1. The Hall–Kier alpha value is -5.22. The number of para-hydroxylation sites is 1. The molecule has 0 atom stereocenters. The Bertz CT molecular complexity index is 1750. The molecule has 37 heavy (non-hydrogen) atoms. The van der Waals surface area contributed by atoms with Gasteiger partial charge in [-0.25, -0.2) is 0 Å². The van der Waals surface area contributed by atoms with Crippen LogP contribution >= 0.6 is 0 Å². The maximum atomic E-state index is 13.0. The van der Waals surface area contributed by atoms with Gasteiger partial charge in [0.05, 0.1) is 4.92 Å². The van der Waals surface area contributed by atoms with Crippen LogP contribution in [0.25, 0.3) is 27.8 Å². The number of anilines is 1. The number of benzene rings is 4. The normalized spacial score (nSPS) is 11.4. The van der Waals surface area contributed by atoms with E-state index < -0.39 is 10.8 Å². The molecule has 7 heteroatoms. The van der Waals surface area contributed by atoms with E-state index in [1.807, 2.05) is 54.7 Å². The number of aryl methyl sites for hydroxylation is 1. The summed E-state index contributed by atoms with van der Waals surface area (Å²) in [6.45, 7) is 2.34. The summed E-state index contributed by atoms with van der Waals surface area (Å²) in [7, 11) is 0. The minimum Gasteiger partial charge on any atom is -0.342 e. The van der Waals surface area contributed by atoms with E-state index in [2.05, 4.69) is 34.1 Å². The Balaban J connectivity index is 1.52. The minimum absolute atomic E-state index is 0.0418. The zero-order valence-corrected chi connectivity index (χ0v) is 20.0. The number of nitriles is 1. The maximum absolute atomic E-state index is 13.0.